The molecule has 0 saturated carbocycles. The van der Waals surface area contributed by atoms with Crippen LogP contribution >= 0.6 is 0 Å². The third-order valence-electron chi connectivity index (χ3n) is 11.5. The number of hydrogen-bond donors (Lipinski definition) is 0. The van der Waals surface area contributed by atoms with Crippen LogP contribution in [0.3, 0.4) is 0 Å². The molecule has 3 aromatic rings. The Morgan fingerprint density at radius 1 is 0.750 bits per heavy atom. The molecular formula is C45H52Cl2Zr. The van der Waals surface area contributed by atoms with E-state index in [1.54, 1.807) is 19.9 Å². The Balaban J connectivity index is 0.00000225. The fourth-order valence-electron chi connectivity index (χ4n) is 9.13. The van der Waals surface area contributed by atoms with Crippen LogP contribution in [0.5, 0.6) is 0 Å². The van der Waals surface area contributed by atoms with Crippen LogP contribution in [-0.2, 0) is 32.1 Å². The van der Waals surface area contributed by atoms with E-state index in [0.29, 0.717) is 9.54 Å². The van der Waals surface area contributed by atoms with Crippen LogP contribution in [-0.4, -0.2) is 3.21 Å². The van der Waals surface area contributed by atoms with Crippen molar-refractivity contribution >= 4 is 14.4 Å². The summed E-state index contributed by atoms with van der Waals surface area (Å²) in [5, 5.41) is 0. The fraction of sp³-hybridized carbons (Fsp3) is 0.400. The molecule has 0 radical (unpaired) electrons. The van der Waals surface area contributed by atoms with Gasteiger partial charge >= 0.3 is 288 Å². The van der Waals surface area contributed by atoms with Gasteiger partial charge in [-0.15, -0.1) is 0 Å². The van der Waals surface area contributed by atoms with Crippen LogP contribution < -0.4 is 24.8 Å². The number of rotatable bonds is 5. The number of allylic oxidation sites excluding steroid dienone is 8. The molecule has 0 amide bonds. The quantitative estimate of drug-likeness (QED) is 0.287. The first kappa shape index (κ1) is 37.2. The molecule has 0 bridgehead atoms. The third-order valence-corrected chi connectivity index (χ3v) is 19.9. The Hall–Kier alpha value is -2.05. The van der Waals surface area contributed by atoms with E-state index in [4.69, 9.17) is 0 Å². The normalized spacial score (nSPS) is 19.9. The monoisotopic (exact) mass is 752 g/mol. The van der Waals surface area contributed by atoms with E-state index in [1.165, 1.54) is 62.9 Å². The summed E-state index contributed by atoms with van der Waals surface area (Å²) >= 11 is -2.68. The van der Waals surface area contributed by atoms with E-state index in [1.807, 2.05) is 3.28 Å². The molecule has 0 saturated heterocycles. The van der Waals surface area contributed by atoms with Crippen molar-refractivity contribution in [1.29, 1.82) is 0 Å². The second-order valence-corrected chi connectivity index (χ2v) is 23.5. The second-order valence-electron chi connectivity index (χ2n) is 16.8. The number of benzene rings is 3. The summed E-state index contributed by atoms with van der Waals surface area (Å²) in [6, 6.07) is 22.0. The Morgan fingerprint density at radius 2 is 1.25 bits per heavy atom. The summed E-state index contributed by atoms with van der Waals surface area (Å²) in [5.74, 6) is 0.546. The average molecular weight is 755 g/mol. The van der Waals surface area contributed by atoms with Crippen molar-refractivity contribution < 1.29 is 46.1 Å². The number of fused-ring (bicyclic) bond motifs is 5. The molecule has 0 spiro atoms. The van der Waals surface area contributed by atoms with Crippen LogP contribution in [0.25, 0.3) is 22.3 Å². The third kappa shape index (κ3) is 5.93. The minimum absolute atomic E-state index is 0. The molecule has 3 aromatic carbocycles. The summed E-state index contributed by atoms with van der Waals surface area (Å²) in [4.78, 5) is 0. The van der Waals surface area contributed by atoms with Gasteiger partial charge in [0, 0.05) is 0 Å². The SMILES string of the molecule is CCCC1C=C(C(C)(C)C)C=[C]1/[Zr+2](=[C](/C)c1ccccc1)[CH]1c2cc3c(cc2-c2cc4c(cc21)C(C)(C)C=C4C)C(C)=CC3(C)C.[Cl-].[Cl-]. The molecule has 1 unspecified atom stereocenters. The molecule has 7 rings (SSSR count). The van der Waals surface area contributed by atoms with Gasteiger partial charge in [-0.1, -0.05) is 0 Å². The van der Waals surface area contributed by atoms with Crippen LogP contribution in [0.2, 0.25) is 0 Å². The predicted octanol–water partition coefficient (Wildman–Crippen LogP) is 6.30. The van der Waals surface area contributed by atoms with E-state index in [0.717, 1.165) is 0 Å². The van der Waals surface area contributed by atoms with Gasteiger partial charge in [-0.05, 0) is 0 Å². The van der Waals surface area contributed by atoms with E-state index in [-0.39, 0.29) is 41.1 Å². The van der Waals surface area contributed by atoms with Crippen LogP contribution in [0, 0.1) is 11.3 Å². The summed E-state index contributed by atoms with van der Waals surface area (Å²) in [6.45, 7) is 26.4. The molecule has 250 valence electrons. The van der Waals surface area contributed by atoms with Crippen molar-refractivity contribution in [2.45, 2.75) is 103 Å². The van der Waals surface area contributed by atoms with Gasteiger partial charge in [-0.3, -0.25) is 0 Å². The topological polar surface area (TPSA) is 0 Å². The minimum atomic E-state index is -2.68. The largest absolute Gasteiger partial charge is 1.00 e. The number of hydrogen-bond acceptors (Lipinski definition) is 0. The first-order valence-corrected chi connectivity index (χ1v) is 21.5. The Labute approximate surface area is 310 Å². The maximum Gasteiger partial charge on any atom is -1.00 e. The summed E-state index contributed by atoms with van der Waals surface area (Å²) in [7, 11) is 0. The minimum Gasteiger partial charge on any atom is -1.00 e. The number of halogens is 2. The van der Waals surface area contributed by atoms with Crippen molar-refractivity contribution in [3.05, 3.63) is 127 Å². The Kier molecular flexibility index (Phi) is 10.0. The maximum atomic E-state index is 2.71. The fourth-order valence-corrected chi connectivity index (χ4v) is 18.3. The van der Waals surface area contributed by atoms with E-state index >= 15 is 0 Å². The zero-order valence-electron chi connectivity index (χ0n) is 30.8. The Morgan fingerprint density at radius 3 is 1.71 bits per heavy atom. The predicted molar refractivity (Wildman–Crippen MR) is 197 cm³/mol. The van der Waals surface area contributed by atoms with Crippen molar-refractivity contribution in [3.63, 3.8) is 0 Å². The molecule has 0 N–H and O–H groups in total. The Bertz CT molecular complexity index is 1870. The molecule has 0 aromatic heterocycles. The van der Waals surface area contributed by atoms with E-state index < -0.39 is 21.3 Å². The van der Waals surface area contributed by atoms with Crippen molar-refractivity contribution in [2.75, 3.05) is 0 Å². The smallest absolute Gasteiger partial charge is 1.00 e. The maximum absolute atomic E-state index is 2.71. The molecular weight excluding hydrogens is 703 g/mol. The van der Waals surface area contributed by atoms with Crippen molar-refractivity contribution in [2.24, 2.45) is 11.3 Å². The first-order valence-electron chi connectivity index (χ1n) is 17.6. The molecule has 48 heavy (non-hydrogen) atoms. The molecule has 1 atom stereocenters. The van der Waals surface area contributed by atoms with Gasteiger partial charge in [0.15, 0.2) is 0 Å². The summed E-state index contributed by atoms with van der Waals surface area (Å²) in [6.07, 6.45) is 12.8. The second kappa shape index (κ2) is 12.9. The summed E-state index contributed by atoms with van der Waals surface area (Å²) < 4.78 is 3.95. The molecule has 0 fully saturated rings. The van der Waals surface area contributed by atoms with Gasteiger partial charge in [0.2, 0.25) is 0 Å². The van der Waals surface area contributed by atoms with Crippen molar-refractivity contribution in [3.8, 4) is 11.1 Å². The van der Waals surface area contributed by atoms with Gasteiger partial charge < -0.3 is 24.8 Å². The van der Waals surface area contributed by atoms with Gasteiger partial charge in [0.1, 0.15) is 0 Å². The van der Waals surface area contributed by atoms with E-state index in [2.05, 4.69) is 155 Å². The molecule has 4 aliphatic carbocycles. The van der Waals surface area contributed by atoms with Crippen LogP contribution in [0.4, 0.5) is 0 Å². The zero-order valence-corrected chi connectivity index (χ0v) is 34.8. The van der Waals surface area contributed by atoms with Crippen molar-refractivity contribution in [1.82, 2.24) is 0 Å². The van der Waals surface area contributed by atoms with Gasteiger partial charge in [-0.25, -0.2) is 0 Å². The van der Waals surface area contributed by atoms with Crippen LogP contribution in [0.15, 0.2) is 87.8 Å². The molecule has 3 heteroatoms. The zero-order chi connectivity index (χ0) is 32.9. The summed E-state index contributed by atoms with van der Waals surface area (Å²) in [5.41, 5.74) is 18.3. The van der Waals surface area contributed by atoms with Gasteiger partial charge in [0.25, 0.3) is 0 Å². The molecule has 4 aliphatic rings. The van der Waals surface area contributed by atoms with Gasteiger partial charge in [0.05, 0.1) is 0 Å². The average Bonchev–Trinajstić information content (AvgIpc) is 3.67. The molecule has 0 heterocycles. The molecule has 0 aliphatic heterocycles. The van der Waals surface area contributed by atoms with E-state index in [9.17, 15) is 0 Å². The molecule has 0 nitrogen and oxygen atoms in total. The standard InChI is InChI=1S/C25H25.C12H19.C8H8.2ClH.Zr/c1-14-12-24(3,4)22-8-16-7-17-9-23-19(15(2)13-25(23,5)6)11-21(17)20(16)10-18(14)22;1-5-6-10-7-8-11(9-10)12(2,3)4;1-2-8-6-4-3-5-7-8;;;/h7-13H,1-6H3;8-10H,5-6H2,1-4H3;3-7H,1H3;2*1H;/q;;;;;+2/p-2. The van der Waals surface area contributed by atoms with Crippen LogP contribution in [0.1, 0.15) is 132 Å². The van der Waals surface area contributed by atoms with Gasteiger partial charge in [-0.2, -0.15) is 0 Å². The first-order chi connectivity index (χ1) is 21.6.